The third-order valence-corrected chi connectivity index (χ3v) is 1.92. The van der Waals surface area contributed by atoms with Crippen molar-refractivity contribution in [3.05, 3.63) is 29.6 Å². The van der Waals surface area contributed by atoms with E-state index in [-0.39, 0.29) is 12.5 Å². The van der Waals surface area contributed by atoms with Crippen LogP contribution < -0.4 is 11.1 Å². The highest BCUT2D eigenvalue weighted by Crippen LogP contribution is 2.22. The minimum absolute atomic E-state index is 0.270. The smallest absolute Gasteiger partial charge is 0.221 e. The molecule has 1 aromatic carbocycles. The monoisotopic (exact) mass is 212 g/mol. The van der Waals surface area contributed by atoms with Crippen LogP contribution in [-0.2, 0) is 4.79 Å². The SMILES string of the molecule is CC(=O)Nc1ccc(F)cc1[C@@H](N)CO. The molecule has 5 heteroatoms. The lowest BCUT2D eigenvalue weighted by Gasteiger charge is -2.14. The van der Waals surface area contributed by atoms with Crippen LogP contribution in [0.25, 0.3) is 0 Å². The molecule has 0 heterocycles. The van der Waals surface area contributed by atoms with Crippen LogP contribution in [0, 0.1) is 5.82 Å². The minimum atomic E-state index is -0.706. The Morgan fingerprint density at radius 2 is 2.33 bits per heavy atom. The largest absolute Gasteiger partial charge is 0.394 e. The van der Waals surface area contributed by atoms with E-state index in [1.165, 1.54) is 25.1 Å². The fourth-order valence-electron chi connectivity index (χ4n) is 1.24. The molecule has 0 aliphatic heterocycles. The molecule has 1 atom stereocenters. The molecule has 0 saturated carbocycles. The molecule has 0 unspecified atom stereocenters. The first kappa shape index (κ1) is 11.6. The van der Waals surface area contributed by atoms with E-state index in [4.69, 9.17) is 10.8 Å². The van der Waals surface area contributed by atoms with Crippen LogP contribution >= 0.6 is 0 Å². The van der Waals surface area contributed by atoms with Gasteiger partial charge in [-0.3, -0.25) is 4.79 Å². The fraction of sp³-hybridized carbons (Fsp3) is 0.300. The van der Waals surface area contributed by atoms with Gasteiger partial charge in [-0.15, -0.1) is 0 Å². The molecular weight excluding hydrogens is 199 g/mol. The Morgan fingerprint density at radius 1 is 1.67 bits per heavy atom. The zero-order valence-corrected chi connectivity index (χ0v) is 8.33. The van der Waals surface area contributed by atoms with Gasteiger partial charge in [0.25, 0.3) is 0 Å². The molecule has 0 aliphatic rings. The molecule has 1 rings (SSSR count). The first-order valence-electron chi connectivity index (χ1n) is 4.48. The molecule has 0 spiro atoms. The number of nitrogens with one attached hydrogen (secondary N) is 1. The summed E-state index contributed by atoms with van der Waals surface area (Å²) in [6, 6.07) is 3.13. The number of nitrogens with two attached hydrogens (primary N) is 1. The number of amides is 1. The summed E-state index contributed by atoms with van der Waals surface area (Å²) in [5, 5.41) is 11.4. The second-order valence-electron chi connectivity index (χ2n) is 3.20. The predicted molar refractivity (Wildman–Crippen MR) is 54.7 cm³/mol. The van der Waals surface area contributed by atoms with Crippen LogP contribution in [0.2, 0.25) is 0 Å². The maximum Gasteiger partial charge on any atom is 0.221 e. The highest BCUT2D eigenvalue weighted by Gasteiger charge is 2.12. The number of rotatable bonds is 3. The van der Waals surface area contributed by atoms with Crippen LogP contribution in [0.15, 0.2) is 18.2 Å². The molecule has 0 aliphatic carbocycles. The van der Waals surface area contributed by atoms with Crippen molar-refractivity contribution in [3.63, 3.8) is 0 Å². The van der Waals surface area contributed by atoms with Gasteiger partial charge in [-0.1, -0.05) is 0 Å². The third kappa shape index (κ3) is 3.00. The van der Waals surface area contributed by atoms with Gasteiger partial charge in [0, 0.05) is 12.6 Å². The van der Waals surface area contributed by atoms with Gasteiger partial charge in [0.1, 0.15) is 5.82 Å². The van der Waals surface area contributed by atoms with Crippen LogP contribution in [-0.4, -0.2) is 17.6 Å². The van der Waals surface area contributed by atoms with Crippen LogP contribution in [0.5, 0.6) is 0 Å². The number of hydrogen-bond donors (Lipinski definition) is 3. The Balaban J connectivity index is 3.08. The topological polar surface area (TPSA) is 75.4 Å². The van der Waals surface area contributed by atoms with Gasteiger partial charge >= 0.3 is 0 Å². The lowest BCUT2D eigenvalue weighted by molar-refractivity contribution is -0.114. The van der Waals surface area contributed by atoms with Gasteiger partial charge in [-0.25, -0.2) is 4.39 Å². The summed E-state index contributed by atoms with van der Waals surface area (Å²) >= 11 is 0. The molecule has 0 bridgehead atoms. The number of carbonyl (C=O) groups is 1. The van der Waals surface area contributed by atoms with E-state index in [0.717, 1.165) is 0 Å². The highest BCUT2D eigenvalue weighted by molar-refractivity contribution is 5.89. The van der Waals surface area contributed by atoms with Crippen molar-refractivity contribution in [2.75, 3.05) is 11.9 Å². The average molecular weight is 212 g/mol. The van der Waals surface area contributed by atoms with Crippen molar-refractivity contribution in [2.24, 2.45) is 5.73 Å². The average Bonchev–Trinajstić information content (AvgIpc) is 2.19. The van der Waals surface area contributed by atoms with E-state index in [0.29, 0.717) is 11.3 Å². The second-order valence-corrected chi connectivity index (χ2v) is 3.20. The summed E-state index contributed by atoms with van der Waals surface area (Å²) in [5.74, 6) is -0.726. The highest BCUT2D eigenvalue weighted by atomic mass is 19.1. The summed E-state index contributed by atoms with van der Waals surface area (Å²) in [6.45, 7) is 1.04. The number of carbonyl (C=O) groups excluding carboxylic acids is 1. The number of hydrogen-bond acceptors (Lipinski definition) is 3. The molecule has 82 valence electrons. The number of aliphatic hydroxyl groups excluding tert-OH is 1. The van der Waals surface area contributed by atoms with Crippen LogP contribution in [0.3, 0.4) is 0 Å². The van der Waals surface area contributed by atoms with E-state index >= 15 is 0 Å². The first-order valence-corrected chi connectivity index (χ1v) is 4.48. The van der Waals surface area contributed by atoms with E-state index in [1.54, 1.807) is 0 Å². The van der Waals surface area contributed by atoms with Crippen molar-refractivity contribution in [2.45, 2.75) is 13.0 Å². The standard InChI is InChI=1S/C10H13FN2O2/c1-6(15)13-10-3-2-7(11)4-8(10)9(12)5-14/h2-4,9,14H,5,12H2,1H3,(H,13,15)/t9-/m0/s1. The molecule has 0 saturated heterocycles. The van der Waals surface area contributed by atoms with Gasteiger partial charge in [0.05, 0.1) is 12.6 Å². The molecule has 4 N–H and O–H groups in total. The summed E-state index contributed by atoms with van der Waals surface area (Å²) in [6.07, 6.45) is 0. The van der Waals surface area contributed by atoms with Crippen molar-refractivity contribution in [3.8, 4) is 0 Å². The molecular formula is C10H13FN2O2. The summed E-state index contributed by atoms with van der Waals surface area (Å²) < 4.78 is 12.9. The predicted octanol–water partition coefficient (Wildman–Crippen LogP) is 0.776. The zero-order chi connectivity index (χ0) is 11.4. The Hall–Kier alpha value is -1.46. The molecule has 1 amide bonds. The summed E-state index contributed by atoms with van der Waals surface area (Å²) in [4.78, 5) is 10.9. The molecule has 1 aromatic rings. The first-order chi connectivity index (χ1) is 7.04. The van der Waals surface area contributed by atoms with Crippen molar-refractivity contribution >= 4 is 11.6 Å². The number of benzene rings is 1. The lowest BCUT2D eigenvalue weighted by Crippen LogP contribution is -2.18. The van der Waals surface area contributed by atoms with E-state index in [9.17, 15) is 9.18 Å². The molecule has 15 heavy (non-hydrogen) atoms. The molecule has 0 fully saturated rings. The fourth-order valence-corrected chi connectivity index (χ4v) is 1.24. The van der Waals surface area contributed by atoms with Crippen molar-refractivity contribution in [1.82, 2.24) is 0 Å². The Bertz CT molecular complexity index is 368. The summed E-state index contributed by atoms with van der Waals surface area (Å²) in [5.41, 5.74) is 6.38. The van der Waals surface area contributed by atoms with E-state index in [2.05, 4.69) is 5.32 Å². The van der Waals surface area contributed by atoms with E-state index < -0.39 is 11.9 Å². The van der Waals surface area contributed by atoms with Gasteiger partial charge in [0.15, 0.2) is 0 Å². The normalized spacial score (nSPS) is 12.3. The number of anilines is 1. The lowest BCUT2D eigenvalue weighted by atomic mass is 10.1. The maximum absolute atomic E-state index is 12.9. The van der Waals surface area contributed by atoms with Crippen LogP contribution in [0.4, 0.5) is 10.1 Å². The molecule has 0 radical (unpaired) electrons. The van der Waals surface area contributed by atoms with E-state index in [1.807, 2.05) is 0 Å². The summed E-state index contributed by atoms with van der Waals surface area (Å²) in [7, 11) is 0. The zero-order valence-electron chi connectivity index (χ0n) is 8.33. The maximum atomic E-state index is 12.9. The number of aliphatic hydroxyl groups is 1. The third-order valence-electron chi connectivity index (χ3n) is 1.92. The van der Waals surface area contributed by atoms with Gasteiger partial charge < -0.3 is 16.2 Å². The number of halogens is 1. The van der Waals surface area contributed by atoms with Gasteiger partial charge in [-0.2, -0.15) is 0 Å². The quantitative estimate of drug-likeness (QED) is 0.693. The molecule has 0 aromatic heterocycles. The Kier molecular flexibility index (Phi) is 3.76. The van der Waals surface area contributed by atoms with Crippen molar-refractivity contribution < 1.29 is 14.3 Å². The Labute approximate surface area is 86.9 Å². The van der Waals surface area contributed by atoms with Crippen molar-refractivity contribution in [1.29, 1.82) is 0 Å². The minimum Gasteiger partial charge on any atom is -0.394 e. The van der Waals surface area contributed by atoms with Crippen LogP contribution in [0.1, 0.15) is 18.5 Å². The Morgan fingerprint density at radius 3 is 2.87 bits per heavy atom. The molecule has 4 nitrogen and oxygen atoms in total. The van der Waals surface area contributed by atoms with Gasteiger partial charge in [0.2, 0.25) is 5.91 Å². The van der Waals surface area contributed by atoms with Gasteiger partial charge in [-0.05, 0) is 23.8 Å². The second kappa shape index (κ2) is 4.86.